The number of alkyl carbamates (subject to hydrolysis) is 2. The Morgan fingerprint density at radius 2 is 1.22 bits per heavy atom. The number of ether oxygens (including phenoxy) is 2. The van der Waals surface area contributed by atoms with Crippen molar-refractivity contribution in [2.24, 2.45) is 17.8 Å². The van der Waals surface area contributed by atoms with Crippen molar-refractivity contribution in [1.82, 2.24) is 40.4 Å². The molecule has 2 aliphatic heterocycles. The fourth-order valence-electron chi connectivity index (χ4n) is 12.7. The summed E-state index contributed by atoms with van der Waals surface area (Å²) in [6.07, 6.45) is 16.3. The van der Waals surface area contributed by atoms with Crippen molar-refractivity contribution >= 4 is 24.0 Å². The predicted molar refractivity (Wildman–Crippen MR) is 256 cm³/mol. The molecule has 4 heterocycles. The highest BCUT2D eigenvalue weighted by molar-refractivity contribution is 5.88. The molecule has 10 rings (SSSR count). The molecule has 4 N–H and O–H groups in total. The van der Waals surface area contributed by atoms with Crippen LogP contribution in [0.1, 0.15) is 153 Å². The predicted octanol–water partition coefficient (Wildman–Crippen LogP) is 9.96. The molecule has 5 aliphatic rings. The first-order valence-corrected chi connectivity index (χ1v) is 24.9. The second-order valence-electron chi connectivity index (χ2n) is 19.8. The molecule has 0 unspecified atom stereocenters. The number of benzene rings is 3. The average molecular weight is 921 g/mol. The van der Waals surface area contributed by atoms with Gasteiger partial charge in [0.25, 0.3) is 11.8 Å². The summed E-state index contributed by atoms with van der Waals surface area (Å²) >= 11 is 0. The molecular weight excluding hydrogens is 857 g/mol. The van der Waals surface area contributed by atoms with Gasteiger partial charge in [0.15, 0.2) is 0 Å². The van der Waals surface area contributed by atoms with Crippen LogP contribution in [-0.2, 0) is 19.1 Å². The Hall–Kier alpha value is -6.44. The number of amides is 4. The average Bonchev–Trinajstić information content (AvgIpc) is 4.23. The lowest BCUT2D eigenvalue weighted by Crippen LogP contribution is -2.47. The van der Waals surface area contributed by atoms with E-state index in [4.69, 9.17) is 19.4 Å². The summed E-state index contributed by atoms with van der Waals surface area (Å²) < 4.78 is 9.91. The number of nitrogens with zero attached hydrogens (tertiary/aromatic N) is 4. The smallest absolute Gasteiger partial charge is 0.407 e. The van der Waals surface area contributed by atoms with E-state index in [9.17, 15) is 19.2 Å². The van der Waals surface area contributed by atoms with Crippen LogP contribution in [-0.4, -0.2) is 80.5 Å². The number of carbonyl (C=O) groups excluding carboxylic acids is 4. The Labute approximate surface area is 398 Å². The zero-order valence-corrected chi connectivity index (χ0v) is 39.1. The van der Waals surface area contributed by atoms with Crippen molar-refractivity contribution in [3.05, 3.63) is 131 Å². The highest BCUT2D eigenvalue weighted by Crippen LogP contribution is 2.50. The van der Waals surface area contributed by atoms with Crippen LogP contribution in [0.4, 0.5) is 9.59 Å². The van der Waals surface area contributed by atoms with Gasteiger partial charge in [0.2, 0.25) is 0 Å². The zero-order chi connectivity index (χ0) is 46.7. The molecule has 14 heteroatoms. The number of hydrogen-bond donors (Lipinski definition) is 4. The van der Waals surface area contributed by atoms with Crippen LogP contribution in [0.3, 0.4) is 0 Å². The van der Waals surface area contributed by atoms with E-state index < -0.39 is 24.3 Å². The van der Waals surface area contributed by atoms with E-state index in [0.717, 1.165) is 123 Å². The van der Waals surface area contributed by atoms with Crippen LogP contribution in [0, 0.1) is 17.8 Å². The molecule has 3 aliphatic carbocycles. The van der Waals surface area contributed by atoms with Gasteiger partial charge in [-0.05, 0) is 98.1 Å². The Morgan fingerprint density at radius 3 is 1.88 bits per heavy atom. The summed E-state index contributed by atoms with van der Waals surface area (Å²) in [5, 5.41) is 5.66. The van der Waals surface area contributed by atoms with Gasteiger partial charge in [0.1, 0.15) is 23.7 Å². The van der Waals surface area contributed by atoms with Gasteiger partial charge in [-0.1, -0.05) is 111 Å². The molecule has 0 spiro atoms. The fraction of sp³-hybridized carbons (Fsp3) is 0.481. The summed E-state index contributed by atoms with van der Waals surface area (Å²) in [6.45, 7) is 0.648. The Balaban J connectivity index is 0.807. The highest BCUT2D eigenvalue weighted by Gasteiger charge is 2.50. The van der Waals surface area contributed by atoms with Gasteiger partial charge < -0.3 is 39.9 Å². The second-order valence-corrected chi connectivity index (χ2v) is 19.8. The maximum atomic E-state index is 14.6. The molecule has 68 heavy (non-hydrogen) atoms. The van der Waals surface area contributed by atoms with E-state index in [1.165, 1.54) is 19.8 Å². The van der Waals surface area contributed by atoms with Gasteiger partial charge in [0, 0.05) is 36.0 Å². The minimum absolute atomic E-state index is 0.0949. The van der Waals surface area contributed by atoms with Crippen LogP contribution < -0.4 is 10.6 Å². The van der Waals surface area contributed by atoms with Crippen LogP contribution in [0.25, 0.3) is 11.4 Å². The van der Waals surface area contributed by atoms with Crippen LogP contribution in [0.5, 0.6) is 0 Å². The number of imidazole rings is 2. The van der Waals surface area contributed by atoms with Crippen LogP contribution >= 0.6 is 0 Å². The molecule has 2 saturated heterocycles. The van der Waals surface area contributed by atoms with E-state index in [2.05, 4.69) is 44.9 Å². The summed E-state index contributed by atoms with van der Waals surface area (Å²) in [7, 11) is 2.64. The molecule has 14 nitrogen and oxygen atoms in total. The lowest BCUT2D eigenvalue weighted by atomic mass is 9.77. The van der Waals surface area contributed by atoms with Gasteiger partial charge in [-0.15, -0.1) is 0 Å². The molecule has 0 bridgehead atoms. The third-order valence-electron chi connectivity index (χ3n) is 16.1. The van der Waals surface area contributed by atoms with Gasteiger partial charge in [-0.2, -0.15) is 0 Å². The maximum absolute atomic E-state index is 14.6. The largest absolute Gasteiger partial charge is 0.453 e. The van der Waals surface area contributed by atoms with Gasteiger partial charge in [-0.3, -0.25) is 9.59 Å². The molecule has 5 fully saturated rings. The van der Waals surface area contributed by atoms with Crippen molar-refractivity contribution in [1.29, 1.82) is 0 Å². The Kier molecular flexibility index (Phi) is 13.4. The van der Waals surface area contributed by atoms with Crippen LogP contribution in [0.2, 0.25) is 0 Å². The van der Waals surface area contributed by atoms with Crippen molar-refractivity contribution in [3.63, 3.8) is 0 Å². The second kappa shape index (κ2) is 20.0. The van der Waals surface area contributed by atoms with Gasteiger partial charge >= 0.3 is 12.2 Å². The van der Waals surface area contributed by atoms with E-state index in [1.54, 1.807) is 0 Å². The minimum atomic E-state index is -0.865. The van der Waals surface area contributed by atoms with E-state index in [-0.39, 0.29) is 29.9 Å². The van der Waals surface area contributed by atoms with Crippen molar-refractivity contribution < 1.29 is 28.7 Å². The first-order valence-electron chi connectivity index (χ1n) is 24.9. The van der Waals surface area contributed by atoms with E-state index in [1.807, 2.05) is 82.9 Å². The van der Waals surface area contributed by atoms with Crippen molar-refractivity contribution in [2.45, 2.75) is 126 Å². The number of fused-ring (bicyclic) bond motifs is 2. The van der Waals surface area contributed by atoms with Gasteiger partial charge in [0.05, 0.1) is 38.2 Å². The first kappa shape index (κ1) is 45.3. The van der Waals surface area contributed by atoms with Crippen molar-refractivity contribution in [3.8, 4) is 11.4 Å². The molecule has 3 aromatic carbocycles. The highest BCUT2D eigenvalue weighted by atomic mass is 16.5. The number of carbonyl (C=O) groups is 4. The quantitative estimate of drug-likeness (QED) is 0.101. The molecule has 0 radical (unpaired) electrons. The third kappa shape index (κ3) is 9.13. The number of aromatic nitrogens is 4. The van der Waals surface area contributed by atoms with E-state index >= 15 is 0 Å². The van der Waals surface area contributed by atoms with Crippen molar-refractivity contribution in [2.75, 3.05) is 20.8 Å². The monoisotopic (exact) mass is 920 g/mol. The lowest BCUT2D eigenvalue weighted by Gasteiger charge is -2.36. The zero-order valence-electron chi connectivity index (χ0n) is 39.1. The molecular formula is C54H64N8O6. The van der Waals surface area contributed by atoms with E-state index in [0.29, 0.717) is 36.1 Å². The molecule has 2 aromatic heterocycles. The summed E-state index contributed by atoms with van der Waals surface area (Å²) in [6, 6.07) is 25.6. The Bertz CT molecular complexity index is 2540. The standard InChI is InChI=1S/C54H64N8O6/c1-67-53(65)59-46(36-13-5-3-6-14-36)51(63)61-32-40-18-9-11-19-41(40)48(61)50-56-30-42(57-50)35-25-21-33(22-26-35)34-23-27-38(28-24-34)49-55-31-43(58-49)45-29-39-17-10-12-20-44(39)62(45)52(64)47(60-54(66)68-2)37-15-7-4-8-16-37/h3-8,13-16,23-24,27-28,30-31,33,35,39-41,44-48H,9-12,17-22,25-26,29,32H2,1-2H3,(H,55,58)(H,56,57)(H,59,65)(H,60,66)/t33?,35?,39-,40+,41+,44-,45+,46+,47+,48+/m0/s1. The molecule has 8 atom stereocenters. The lowest BCUT2D eigenvalue weighted by molar-refractivity contribution is -0.137. The van der Waals surface area contributed by atoms with Gasteiger partial charge in [-0.25, -0.2) is 19.6 Å². The normalized spacial score (nSPS) is 26.5. The number of methoxy groups -OCH3 is 2. The first-order chi connectivity index (χ1) is 33.3. The maximum Gasteiger partial charge on any atom is 0.407 e. The third-order valence-corrected chi connectivity index (χ3v) is 16.1. The number of nitrogens with one attached hydrogen (secondary N) is 4. The summed E-state index contributed by atoms with van der Waals surface area (Å²) in [4.78, 5) is 75.4. The molecule has 4 amide bonds. The number of aromatic amines is 2. The number of rotatable bonds is 11. The number of likely N-dealkylation sites (tertiary alicyclic amines) is 2. The SMILES string of the molecule is COC(=O)N[C@@H](C(=O)N1C[C@H]2CCCC[C@H]2[C@@H]1c1ncc(C2CCC(c3ccc(-c4ncc([C@H]5C[C@@H]6CCCC[C@@H]6N5C(=O)[C@H](NC(=O)OC)c5ccccc5)[nH]4)cc3)CC2)[nH]1)c1ccccc1. The molecule has 356 valence electrons. The molecule has 3 saturated carbocycles. The number of hydrogen-bond acceptors (Lipinski definition) is 8. The molecule has 5 aromatic rings. The summed E-state index contributed by atoms with van der Waals surface area (Å²) in [5.74, 6) is 3.25. The topological polar surface area (TPSA) is 175 Å². The number of H-pyrrole nitrogens is 2. The van der Waals surface area contributed by atoms with Crippen LogP contribution in [0.15, 0.2) is 97.3 Å². The summed E-state index contributed by atoms with van der Waals surface area (Å²) in [5.41, 5.74) is 5.81. The minimum Gasteiger partial charge on any atom is -0.453 e. The fourth-order valence-corrected chi connectivity index (χ4v) is 12.7. The Morgan fingerprint density at radius 1 is 0.632 bits per heavy atom.